The van der Waals surface area contributed by atoms with Gasteiger partial charge in [0.15, 0.2) is 5.13 Å². The third kappa shape index (κ3) is 3.33. The van der Waals surface area contributed by atoms with Gasteiger partial charge in [-0.3, -0.25) is 4.79 Å². The summed E-state index contributed by atoms with van der Waals surface area (Å²) < 4.78 is 0. The molecule has 1 atom stereocenters. The number of aromatic nitrogens is 1. The van der Waals surface area contributed by atoms with Crippen molar-refractivity contribution in [3.63, 3.8) is 0 Å². The predicted molar refractivity (Wildman–Crippen MR) is 71.8 cm³/mol. The van der Waals surface area contributed by atoms with Gasteiger partial charge in [-0.2, -0.15) is 0 Å². The predicted octanol–water partition coefficient (Wildman–Crippen LogP) is 0.658. The van der Waals surface area contributed by atoms with Crippen molar-refractivity contribution in [3.05, 3.63) is 4.88 Å². The van der Waals surface area contributed by atoms with Gasteiger partial charge in [0.05, 0.1) is 0 Å². The molecule has 0 saturated heterocycles. The van der Waals surface area contributed by atoms with Crippen LogP contribution in [0.15, 0.2) is 0 Å². The molecule has 1 aromatic heterocycles. The van der Waals surface area contributed by atoms with Gasteiger partial charge in [-0.15, -0.1) is 0 Å². The Balaban J connectivity index is 1.93. The van der Waals surface area contributed by atoms with E-state index in [9.17, 15) is 4.79 Å². The Hall–Kier alpha value is -1.34. The van der Waals surface area contributed by atoms with Crippen molar-refractivity contribution in [2.75, 3.05) is 24.2 Å². The highest BCUT2D eigenvalue weighted by molar-refractivity contribution is 7.18. The normalized spacial score (nSPS) is 16.3. The number of anilines is 2. The zero-order chi connectivity index (χ0) is 13.1. The van der Waals surface area contributed by atoms with Crippen LogP contribution in [0.3, 0.4) is 0 Å². The average Bonchev–Trinajstić information content (AvgIpc) is 3.08. The molecule has 18 heavy (non-hydrogen) atoms. The number of hydrogen-bond acceptors (Lipinski definition) is 6. The second-order valence-corrected chi connectivity index (χ2v) is 5.65. The highest BCUT2D eigenvalue weighted by Gasteiger charge is 2.24. The number of carbonyl (C=O) groups is 1. The number of nitrogen functional groups attached to an aromatic ring is 1. The number of aliphatic hydroxyl groups is 1. The van der Waals surface area contributed by atoms with Gasteiger partial charge in [0, 0.05) is 19.2 Å². The van der Waals surface area contributed by atoms with Crippen LogP contribution in [-0.4, -0.2) is 35.2 Å². The number of amides is 1. The third-order valence-corrected chi connectivity index (χ3v) is 3.69. The van der Waals surface area contributed by atoms with Crippen molar-refractivity contribution in [1.82, 2.24) is 10.3 Å². The number of thiazole rings is 1. The summed E-state index contributed by atoms with van der Waals surface area (Å²) in [6, 6.07) is 0.487. The number of carbonyl (C=O) groups excluding carboxylic acids is 1. The van der Waals surface area contributed by atoms with E-state index in [1.807, 2.05) is 6.92 Å². The first-order valence-electron chi connectivity index (χ1n) is 6.02. The first kappa shape index (κ1) is 13.1. The number of aliphatic hydroxyl groups excluding tert-OH is 1. The highest BCUT2D eigenvalue weighted by atomic mass is 32.1. The van der Waals surface area contributed by atoms with E-state index in [0.29, 0.717) is 22.6 Å². The monoisotopic (exact) mass is 270 g/mol. The molecule has 0 aliphatic heterocycles. The molecule has 6 nitrogen and oxygen atoms in total. The minimum Gasteiger partial charge on any atom is -0.396 e. The summed E-state index contributed by atoms with van der Waals surface area (Å²) in [5.74, 6) is 0.0682. The smallest absolute Gasteiger partial charge is 0.265 e. The van der Waals surface area contributed by atoms with Crippen molar-refractivity contribution in [2.24, 2.45) is 5.92 Å². The Morgan fingerprint density at radius 3 is 3.00 bits per heavy atom. The summed E-state index contributed by atoms with van der Waals surface area (Å²) in [4.78, 5) is 16.4. The molecule has 1 aliphatic rings. The number of nitrogens with zero attached hydrogens (tertiary/aromatic N) is 1. The molecule has 1 saturated carbocycles. The molecule has 5 N–H and O–H groups in total. The molecule has 0 bridgehead atoms. The van der Waals surface area contributed by atoms with Gasteiger partial charge in [-0.25, -0.2) is 4.98 Å². The van der Waals surface area contributed by atoms with Gasteiger partial charge >= 0.3 is 0 Å². The fourth-order valence-corrected chi connectivity index (χ4v) is 2.25. The fraction of sp³-hybridized carbons (Fsp3) is 0.636. The van der Waals surface area contributed by atoms with Crippen LogP contribution < -0.4 is 16.4 Å². The van der Waals surface area contributed by atoms with E-state index in [1.54, 1.807) is 0 Å². The lowest BCUT2D eigenvalue weighted by Gasteiger charge is -2.08. The molecular formula is C11H18N4O2S. The maximum Gasteiger partial charge on any atom is 0.265 e. The largest absolute Gasteiger partial charge is 0.396 e. The van der Waals surface area contributed by atoms with Crippen LogP contribution in [0.1, 0.15) is 29.4 Å². The molecule has 0 radical (unpaired) electrons. The van der Waals surface area contributed by atoms with Crippen molar-refractivity contribution < 1.29 is 9.90 Å². The number of hydrogen-bond donors (Lipinski definition) is 4. The molecule has 1 aromatic rings. The fourth-order valence-electron chi connectivity index (χ4n) is 1.37. The maximum atomic E-state index is 11.9. The molecule has 0 aromatic carbocycles. The Morgan fingerprint density at radius 2 is 2.39 bits per heavy atom. The van der Waals surface area contributed by atoms with E-state index >= 15 is 0 Å². The Labute approximate surface area is 110 Å². The van der Waals surface area contributed by atoms with Crippen LogP contribution in [0.5, 0.6) is 0 Å². The first-order valence-corrected chi connectivity index (χ1v) is 6.83. The number of nitrogens with one attached hydrogen (secondary N) is 2. The molecule has 0 spiro atoms. The topological polar surface area (TPSA) is 100 Å². The van der Waals surface area contributed by atoms with Gasteiger partial charge in [0.1, 0.15) is 10.7 Å². The van der Waals surface area contributed by atoms with Crippen molar-refractivity contribution in [1.29, 1.82) is 0 Å². The Morgan fingerprint density at radius 1 is 1.67 bits per heavy atom. The van der Waals surface area contributed by atoms with Crippen molar-refractivity contribution in [2.45, 2.75) is 25.8 Å². The van der Waals surface area contributed by atoms with Crippen LogP contribution in [0, 0.1) is 5.92 Å². The first-order chi connectivity index (χ1) is 8.60. The second kappa shape index (κ2) is 5.53. The molecule has 1 amide bonds. The zero-order valence-electron chi connectivity index (χ0n) is 10.3. The van der Waals surface area contributed by atoms with Crippen LogP contribution >= 0.6 is 11.3 Å². The molecule has 1 fully saturated rings. The molecular weight excluding hydrogens is 252 g/mol. The summed E-state index contributed by atoms with van der Waals surface area (Å²) in [5, 5.41) is 15.5. The minimum atomic E-state index is -0.228. The molecule has 100 valence electrons. The van der Waals surface area contributed by atoms with Gasteiger partial charge < -0.3 is 21.5 Å². The number of rotatable bonds is 6. The SMILES string of the molecule is CC(CO)CNC(=O)c1sc(NC2CC2)nc1N. The second-order valence-electron chi connectivity index (χ2n) is 4.65. The quantitative estimate of drug-likeness (QED) is 0.608. The van der Waals surface area contributed by atoms with E-state index in [-0.39, 0.29) is 24.2 Å². The standard InChI is InChI=1S/C11H18N4O2S/c1-6(5-16)4-13-10(17)8-9(12)15-11(18-8)14-7-2-3-7/h6-7,16H,2-5,12H2,1H3,(H,13,17)(H,14,15). The van der Waals surface area contributed by atoms with Gasteiger partial charge in [0.25, 0.3) is 5.91 Å². The molecule has 1 aliphatic carbocycles. The van der Waals surface area contributed by atoms with Crippen LogP contribution in [0.25, 0.3) is 0 Å². The summed E-state index contributed by atoms with van der Waals surface area (Å²) in [5.41, 5.74) is 5.73. The Bertz CT molecular complexity index is 431. The zero-order valence-corrected chi connectivity index (χ0v) is 11.1. The highest BCUT2D eigenvalue weighted by Crippen LogP contribution is 2.30. The molecule has 2 rings (SSSR count). The van der Waals surface area contributed by atoms with Crippen LogP contribution in [-0.2, 0) is 0 Å². The Kier molecular flexibility index (Phi) is 4.03. The van der Waals surface area contributed by atoms with E-state index in [4.69, 9.17) is 10.8 Å². The summed E-state index contributed by atoms with van der Waals surface area (Å²) >= 11 is 1.27. The summed E-state index contributed by atoms with van der Waals surface area (Å²) in [6.07, 6.45) is 2.30. The molecule has 1 unspecified atom stereocenters. The van der Waals surface area contributed by atoms with E-state index in [2.05, 4.69) is 15.6 Å². The lowest BCUT2D eigenvalue weighted by molar-refractivity contribution is 0.0947. The summed E-state index contributed by atoms with van der Waals surface area (Å²) in [7, 11) is 0. The van der Waals surface area contributed by atoms with Crippen LogP contribution in [0.4, 0.5) is 10.9 Å². The van der Waals surface area contributed by atoms with Gasteiger partial charge in [-0.1, -0.05) is 18.3 Å². The van der Waals surface area contributed by atoms with E-state index in [0.717, 1.165) is 12.8 Å². The van der Waals surface area contributed by atoms with Gasteiger partial charge in [-0.05, 0) is 18.8 Å². The lowest BCUT2D eigenvalue weighted by Crippen LogP contribution is -2.29. The lowest BCUT2D eigenvalue weighted by atomic mass is 10.2. The minimum absolute atomic E-state index is 0.0344. The van der Waals surface area contributed by atoms with Crippen molar-refractivity contribution >= 4 is 28.2 Å². The summed E-state index contributed by atoms with van der Waals surface area (Å²) in [6.45, 7) is 2.33. The molecule has 1 heterocycles. The van der Waals surface area contributed by atoms with Gasteiger partial charge in [0.2, 0.25) is 0 Å². The third-order valence-electron chi connectivity index (χ3n) is 2.69. The van der Waals surface area contributed by atoms with E-state index in [1.165, 1.54) is 11.3 Å². The van der Waals surface area contributed by atoms with Crippen LogP contribution in [0.2, 0.25) is 0 Å². The maximum absolute atomic E-state index is 11.9. The van der Waals surface area contributed by atoms with E-state index < -0.39 is 0 Å². The van der Waals surface area contributed by atoms with Crippen molar-refractivity contribution in [3.8, 4) is 0 Å². The number of nitrogens with two attached hydrogens (primary N) is 1. The molecule has 7 heteroatoms. The average molecular weight is 270 g/mol.